The molecule has 24 heavy (non-hydrogen) atoms. The third kappa shape index (κ3) is 1.95. The maximum absolute atomic E-state index is 12.4. The van der Waals surface area contributed by atoms with Gasteiger partial charge in [0.1, 0.15) is 5.58 Å². The third-order valence-corrected chi connectivity index (χ3v) is 3.66. The molecule has 4 rings (SSSR count). The Hall–Kier alpha value is -3.61. The van der Waals surface area contributed by atoms with Crippen LogP contribution in [0, 0.1) is 0 Å². The number of amides is 2. The molecule has 0 spiro atoms. The molecule has 2 amide bonds. The zero-order valence-corrected chi connectivity index (χ0v) is 12.1. The summed E-state index contributed by atoms with van der Waals surface area (Å²) in [5, 5.41) is 10.2. The monoisotopic (exact) mass is 323 g/mol. The average molecular weight is 323 g/mol. The van der Waals surface area contributed by atoms with Gasteiger partial charge in [-0.05, 0) is 30.3 Å². The highest BCUT2D eigenvalue weighted by atomic mass is 16.4. The zero-order chi connectivity index (χ0) is 16.8. The Morgan fingerprint density at radius 1 is 1.00 bits per heavy atom. The van der Waals surface area contributed by atoms with Crippen molar-refractivity contribution in [1.82, 2.24) is 0 Å². The van der Waals surface area contributed by atoms with Gasteiger partial charge in [-0.25, -0.2) is 4.90 Å². The number of fused-ring (bicyclic) bond motifs is 1. The van der Waals surface area contributed by atoms with Crippen molar-refractivity contribution in [3.8, 4) is 17.3 Å². The fourth-order valence-corrected chi connectivity index (χ4v) is 2.54. The number of rotatable bonds is 2. The van der Waals surface area contributed by atoms with E-state index in [0.717, 1.165) is 17.1 Å². The number of furan rings is 1. The fourth-order valence-electron chi connectivity index (χ4n) is 2.54. The summed E-state index contributed by atoms with van der Waals surface area (Å²) < 4.78 is 10.7. The summed E-state index contributed by atoms with van der Waals surface area (Å²) in [6, 6.07) is 7.41. The minimum absolute atomic E-state index is 0.0489. The molecule has 0 fully saturated rings. The van der Waals surface area contributed by atoms with Gasteiger partial charge in [0, 0.05) is 12.2 Å². The molecule has 0 saturated carbocycles. The molecule has 3 heterocycles. The molecule has 1 N–H and O–H groups in total. The fraction of sp³-hybridized carbons (Fsp3) is 0. The van der Waals surface area contributed by atoms with Gasteiger partial charge in [-0.3, -0.25) is 14.4 Å². The lowest BCUT2D eigenvalue weighted by atomic mass is 10.1. The molecule has 118 valence electrons. The standard InChI is InChI=1S/C17H9NO6/c19-13-5-6-14(20)18(13)9-3-4-11-10(8-9)15(21)16(22)17(24-11)12-2-1-7-23-12/h1-8,22H. The minimum atomic E-state index is -0.684. The van der Waals surface area contributed by atoms with E-state index in [0.29, 0.717) is 0 Å². The zero-order valence-electron chi connectivity index (χ0n) is 12.1. The number of aromatic hydroxyl groups is 1. The molecule has 0 atom stereocenters. The number of benzene rings is 1. The first kappa shape index (κ1) is 14.0. The normalized spacial score (nSPS) is 14.1. The summed E-state index contributed by atoms with van der Waals surface area (Å²) in [7, 11) is 0. The Labute approximate surface area is 134 Å². The van der Waals surface area contributed by atoms with Gasteiger partial charge in [0.05, 0.1) is 17.3 Å². The molecule has 0 radical (unpaired) electrons. The van der Waals surface area contributed by atoms with Crippen LogP contribution in [-0.4, -0.2) is 16.9 Å². The molecule has 0 aliphatic carbocycles. The van der Waals surface area contributed by atoms with Crippen LogP contribution in [0.1, 0.15) is 0 Å². The second-order valence-electron chi connectivity index (χ2n) is 5.11. The number of nitrogens with zero attached hydrogens (tertiary/aromatic N) is 1. The predicted octanol–water partition coefficient (Wildman–Crippen LogP) is 2.19. The molecule has 7 heteroatoms. The number of hydrogen-bond donors (Lipinski definition) is 1. The van der Waals surface area contributed by atoms with Crippen molar-refractivity contribution in [3.05, 3.63) is 59.0 Å². The van der Waals surface area contributed by atoms with E-state index >= 15 is 0 Å². The van der Waals surface area contributed by atoms with E-state index in [-0.39, 0.29) is 28.2 Å². The van der Waals surface area contributed by atoms with Crippen molar-refractivity contribution >= 4 is 28.5 Å². The summed E-state index contributed by atoms with van der Waals surface area (Å²) in [5.74, 6) is -1.47. The van der Waals surface area contributed by atoms with Crippen LogP contribution in [0.2, 0.25) is 0 Å². The molecule has 2 aromatic heterocycles. The van der Waals surface area contributed by atoms with Crippen molar-refractivity contribution in [1.29, 1.82) is 0 Å². The van der Waals surface area contributed by atoms with Crippen molar-refractivity contribution in [2.75, 3.05) is 4.90 Å². The van der Waals surface area contributed by atoms with Gasteiger partial charge >= 0.3 is 0 Å². The van der Waals surface area contributed by atoms with Gasteiger partial charge in [-0.2, -0.15) is 0 Å². The van der Waals surface area contributed by atoms with Gasteiger partial charge in [0.25, 0.3) is 11.8 Å². The first-order valence-corrected chi connectivity index (χ1v) is 6.96. The topological polar surface area (TPSA) is 101 Å². The van der Waals surface area contributed by atoms with Crippen LogP contribution >= 0.6 is 0 Å². The lowest BCUT2D eigenvalue weighted by Gasteiger charge is -2.14. The van der Waals surface area contributed by atoms with E-state index in [9.17, 15) is 19.5 Å². The average Bonchev–Trinajstić information content (AvgIpc) is 3.21. The second kappa shape index (κ2) is 4.95. The SMILES string of the molecule is O=C1C=CC(=O)N1c1ccc2oc(-c3ccco3)c(O)c(=O)c2c1. The smallest absolute Gasteiger partial charge is 0.258 e. The van der Waals surface area contributed by atoms with Crippen molar-refractivity contribution < 1.29 is 23.5 Å². The predicted molar refractivity (Wildman–Crippen MR) is 83.5 cm³/mol. The summed E-state index contributed by atoms with van der Waals surface area (Å²) >= 11 is 0. The van der Waals surface area contributed by atoms with Gasteiger partial charge in [-0.1, -0.05) is 0 Å². The van der Waals surface area contributed by atoms with Crippen LogP contribution in [0.5, 0.6) is 5.75 Å². The lowest BCUT2D eigenvalue weighted by molar-refractivity contribution is -0.119. The van der Waals surface area contributed by atoms with Crippen LogP contribution < -0.4 is 10.3 Å². The van der Waals surface area contributed by atoms with Crippen LogP contribution in [0.3, 0.4) is 0 Å². The Morgan fingerprint density at radius 3 is 2.42 bits per heavy atom. The minimum Gasteiger partial charge on any atom is -0.501 e. The van der Waals surface area contributed by atoms with Crippen molar-refractivity contribution in [3.63, 3.8) is 0 Å². The van der Waals surface area contributed by atoms with Gasteiger partial charge < -0.3 is 13.9 Å². The first-order valence-electron chi connectivity index (χ1n) is 6.96. The van der Waals surface area contributed by atoms with Gasteiger partial charge in [0.2, 0.25) is 16.9 Å². The molecular formula is C17H9NO6. The molecule has 1 aromatic carbocycles. The molecule has 1 aliphatic rings. The molecule has 7 nitrogen and oxygen atoms in total. The Morgan fingerprint density at radius 2 is 1.75 bits per heavy atom. The van der Waals surface area contributed by atoms with Crippen LogP contribution in [0.25, 0.3) is 22.5 Å². The van der Waals surface area contributed by atoms with Gasteiger partial charge in [0.15, 0.2) is 5.76 Å². The highest BCUT2D eigenvalue weighted by Gasteiger charge is 2.26. The summed E-state index contributed by atoms with van der Waals surface area (Å²) in [5.41, 5.74) is -0.267. The van der Waals surface area contributed by atoms with E-state index in [1.54, 1.807) is 12.1 Å². The largest absolute Gasteiger partial charge is 0.501 e. The lowest BCUT2D eigenvalue weighted by Crippen LogP contribution is -2.29. The third-order valence-electron chi connectivity index (χ3n) is 3.66. The van der Waals surface area contributed by atoms with E-state index in [1.165, 1.54) is 24.5 Å². The maximum atomic E-state index is 12.4. The number of imide groups is 1. The van der Waals surface area contributed by atoms with E-state index in [1.807, 2.05) is 0 Å². The van der Waals surface area contributed by atoms with Crippen LogP contribution in [-0.2, 0) is 9.59 Å². The molecule has 3 aromatic rings. The molecule has 0 unspecified atom stereocenters. The first-order chi connectivity index (χ1) is 11.6. The van der Waals surface area contributed by atoms with E-state index < -0.39 is 23.0 Å². The number of hydrogen-bond acceptors (Lipinski definition) is 6. The second-order valence-corrected chi connectivity index (χ2v) is 5.11. The summed E-state index contributed by atoms with van der Waals surface area (Å²) in [4.78, 5) is 36.8. The molecular weight excluding hydrogens is 314 g/mol. The summed E-state index contributed by atoms with van der Waals surface area (Å²) in [6.45, 7) is 0. The molecule has 1 aliphatic heterocycles. The quantitative estimate of drug-likeness (QED) is 0.725. The maximum Gasteiger partial charge on any atom is 0.258 e. The number of anilines is 1. The van der Waals surface area contributed by atoms with Crippen LogP contribution in [0.4, 0.5) is 5.69 Å². The van der Waals surface area contributed by atoms with E-state index in [4.69, 9.17) is 8.83 Å². The number of carbonyl (C=O) groups is 2. The Kier molecular flexibility index (Phi) is 2.89. The highest BCUT2D eigenvalue weighted by Crippen LogP contribution is 2.32. The Balaban J connectivity index is 1.92. The Bertz CT molecular complexity index is 1060. The molecule has 0 bridgehead atoms. The highest BCUT2D eigenvalue weighted by molar-refractivity contribution is 6.28. The summed E-state index contributed by atoms with van der Waals surface area (Å²) in [6.07, 6.45) is 3.68. The number of carbonyl (C=O) groups excluding carboxylic acids is 2. The van der Waals surface area contributed by atoms with Crippen molar-refractivity contribution in [2.45, 2.75) is 0 Å². The van der Waals surface area contributed by atoms with E-state index in [2.05, 4.69) is 0 Å². The van der Waals surface area contributed by atoms with Crippen molar-refractivity contribution in [2.24, 2.45) is 0 Å². The van der Waals surface area contributed by atoms with Gasteiger partial charge in [-0.15, -0.1) is 0 Å². The van der Waals surface area contributed by atoms with Crippen LogP contribution in [0.15, 0.2) is 62.4 Å². The molecule has 0 saturated heterocycles.